The number of H-pyrrole nitrogens is 1. The fourth-order valence-electron chi connectivity index (χ4n) is 16.9. The van der Waals surface area contributed by atoms with Crippen molar-refractivity contribution in [3.8, 4) is 5.75 Å². The zero-order valence-electron chi connectivity index (χ0n) is 78.3. The first-order chi connectivity index (χ1) is 65.3. The topological polar surface area (TPSA) is 642 Å². The highest BCUT2D eigenvalue weighted by molar-refractivity contribution is 8.00. The molecule has 4 aliphatic rings. The van der Waals surface area contributed by atoms with Crippen molar-refractivity contribution < 1.29 is 96.8 Å². The van der Waals surface area contributed by atoms with Gasteiger partial charge in [0, 0.05) is 126 Å². The molecule has 3 aromatic carbocycles. The summed E-state index contributed by atoms with van der Waals surface area (Å²) in [4.78, 5) is 268. The van der Waals surface area contributed by atoms with Gasteiger partial charge in [0.15, 0.2) is 5.96 Å². The van der Waals surface area contributed by atoms with Gasteiger partial charge < -0.3 is 120 Å². The summed E-state index contributed by atoms with van der Waals surface area (Å²) in [6.07, 6.45) is 5.95. The van der Waals surface area contributed by atoms with Gasteiger partial charge in [-0.2, -0.15) is 0 Å². The lowest BCUT2D eigenvalue weighted by Gasteiger charge is -2.36. The monoisotopic (exact) mass is 1920 g/mol. The van der Waals surface area contributed by atoms with Crippen LogP contribution < -0.4 is 75.7 Å². The van der Waals surface area contributed by atoms with E-state index in [0.29, 0.717) is 69.6 Å². The molecule has 3 saturated heterocycles. The number of aliphatic hydroxyl groups is 2. The molecule has 3 fully saturated rings. The van der Waals surface area contributed by atoms with E-state index in [9.17, 15) is 58.5 Å². The van der Waals surface area contributed by atoms with E-state index in [4.69, 9.17) is 22.6 Å². The molecule has 5 aromatic rings. The van der Waals surface area contributed by atoms with Crippen molar-refractivity contribution in [1.29, 1.82) is 5.41 Å². The van der Waals surface area contributed by atoms with E-state index in [1.54, 1.807) is 87.2 Å². The number of benzene rings is 3. The van der Waals surface area contributed by atoms with Gasteiger partial charge >= 0.3 is 0 Å². The van der Waals surface area contributed by atoms with Crippen LogP contribution in [0.25, 0.3) is 21.7 Å². The average Bonchev–Trinajstić information content (AvgIpc) is 1.75. The van der Waals surface area contributed by atoms with Crippen LogP contribution in [0.2, 0.25) is 0 Å². The van der Waals surface area contributed by atoms with Crippen molar-refractivity contribution in [3.05, 3.63) is 120 Å². The highest BCUT2D eigenvalue weighted by Gasteiger charge is 2.47. The molecule has 2 aromatic heterocycles. The summed E-state index contributed by atoms with van der Waals surface area (Å²) in [5, 5.41) is 72.0. The lowest BCUT2D eigenvalue weighted by molar-refractivity contribution is -0.149. The Morgan fingerprint density at radius 1 is 0.591 bits per heavy atom. The number of rotatable bonds is 26. The van der Waals surface area contributed by atoms with E-state index >= 15 is 38.4 Å². The third kappa shape index (κ3) is 30.4. The maximum atomic E-state index is 15.8. The summed E-state index contributed by atoms with van der Waals surface area (Å²) >= 11 is 0.761. The molecule has 22 N–H and O–H groups in total. The number of carbonyl (C=O) groups excluding carboxylic acids is 17. The standard InChI is InChI=1S/C93H129N23O20S/c1-9-11-20-72-85(129)104-63(19-15-31-100-93(96)97)81(125)111-71(80(124)102-46-77(95)121)49-137-50-78(122)103-67(37-53-24-27-59(118)28-25-53)88(132)112(6)52(5)79(123)107-69(42-76(94)120)90(134)115-34-16-22-73(115)86(130)105-64(39-55-29-32-98-43-55)82(126)108-66(35-51(3)4)91(135)116-47-60(119)41-75(116)87(131)106-65(40-58-45-101-62-18-14-13-17-61(58)62)83(127)110-70(48-117)84(128)109-68(38-54-23-26-57-44-99-33-30-56(57)36-54)89(133)114(8)74(21-12-10-2)92(136)113(72)7/h13-14,17-18,23-28,30,32-33,36,43-45,51-52,60,63-75,101,117-119H,9-12,15-16,19-22,29,31,34-35,37-42,46-50H2,1-8H3,(H2,94,120)(H2,95,121)(H,102,124)(H,103,122)(H,104,129)(H,105,130)(H,106,131)(H,107,123)(H,108,126)(H,109,128)(H,110,127)(H,111,125)(H4,96,97,100)/t52-,60+,63-,64-,65-,66-,67-,68-,69-,70-,71-,72-,73-,74-,75-/m0/s1. The molecule has 0 radical (unpaired) electrons. The number of nitrogens with zero attached hydrogens (tertiary/aromatic N) is 7. The molecule has 44 heteroatoms. The summed E-state index contributed by atoms with van der Waals surface area (Å²) in [7, 11) is 3.90. The number of thioether (sulfide) groups is 1. The number of hydrogen-bond donors (Lipinski definition) is 19. The first-order valence-electron chi connectivity index (χ1n) is 46.1. The average molecular weight is 1920 g/mol. The molecule has 137 heavy (non-hydrogen) atoms. The number of likely N-dealkylation sites (N-methyl/N-ethyl adjacent to an activating group) is 3. The number of amides is 17. The Labute approximate surface area is 797 Å². The number of primary amides is 2. The van der Waals surface area contributed by atoms with Crippen LogP contribution in [0.5, 0.6) is 5.75 Å². The molecule has 0 spiro atoms. The normalized spacial score (nSPS) is 25.0. The number of aromatic hydroxyl groups is 1. The molecular formula is C93H129N23O20S. The summed E-state index contributed by atoms with van der Waals surface area (Å²) in [6.45, 7) is 6.04. The second-order valence-electron chi connectivity index (χ2n) is 35.4. The van der Waals surface area contributed by atoms with E-state index in [1.807, 2.05) is 13.8 Å². The van der Waals surface area contributed by atoms with Gasteiger partial charge in [-0.1, -0.05) is 102 Å². The maximum Gasteiger partial charge on any atom is 0.246 e. The van der Waals surface area contributed by atoms with E-state index < -0.39 is 235 Å². The fraction of sp³-hybridized carbons (Fsp3) is 0.527. The van der Waals surface area contributed by atoms with E-state index in [1.165, 1.54) is 58.5 Å². The van der Waals surface area contributed by atoms with Gasteiger partial charge in [0.1, 0.15) is 90.3 Å². The summed E-state index contributed by atoms with van der Waals surface area (Å²) < 4.78 is 0. The van der Waals surface area contributed by atoms with Gasteiger partial charge in [0.25, 0.3) is 0 Å². The Balaban J connectivity index is 1.10. The molecule has 0 saturated carbocycles. The fourth-order valence-corrected chi connectivity index (χ4v) is 17.8. The Morgan fingerprint density at radius 3 is 1.85 bits per heavy atom. The Morgan fingerprint density at radius 2 is 1.19 bits per heavy atom. The third-order valence-corrected chi connectivity index (χ3v) is 25.6. The van der Waals surface area contributed by atoms with Gasteiger partial charge in [-0.15, -0.1) is 11.8 Å². The van der Waals surface area contributed by atoms with E-state index in [-0.39, 0.29) is 108 Å². The SMILES string of the molecule is CCCC[C@H]1C(=O)N(C)[C@@H](CCCC)C(=O)N[C@@H](CCCNC(=N)N)C(=O)N[C@H](C(=O)NCC(N)=O)CSCC(=O)N[C@@H](Cc2ccc(O)cc2)C(=O)N(C)[C@@H](C)C(=O)N[C@@H](CC(N)=O)C(=O)N2CCC[C@H]2C(=O)N[C@@H](CC2=CN=CC2)C(=O)N[C@@H](CC(C)C)C(=O)N2C[C@H](O)C[C@H]2C(=O)N[C@@H](Cc2c[nH]c3ccccc23)C(=O)N[C@@H](CO)C(=O)N[C@@H](Cc2ccc3cnccc3c2)C(=O)N1C. The number of guanidine groups is 1. The van der Waals surface area contributed by atoms with E-state index in [2.05, 4.69) is 73.4 Å². The zero-order valence-corrected chi connectivity index (χ0v) is 79.1. The number of nitrogens with one attached hydrogen (secondary N) is 13. The number of aliphatic imine (C=N–C) groups is 1. The van der Waals surface area contributed by atoms with Crippen molar-refractivity contribution in [1.82, 2.24) is 93.0 Å². The van der Waals surface area contributed by atoms with Crippen molar-refractivity contribution in [2.75, 3.05) is 65.4 Å². The molecule has 0 bridgehead atoms. The van der Waals surface area contributed by atoms with Gasteiger partial charge in [-0.05, 0) is 116 Å². The number of unbranched alkanes of at least 4 members (excludes halogenated alkanes) is 2. The van der Waals surface area contributed by atoms with Crippen LogP contribution in [-0.2, 0) is 101 Å². The predicted octanol–water partition coefficient (Wildman–Crippen LogP) is -2.08. The van der Waals surface area contributed by atoms with Gasteiger partial charge in [-0.25, -0.2) is 0 Å². The Hall–Kier alpha value is -13.7. The number of para-hydroxylation sites is 1. The molecule has 742 valence electrons. The molecule has 15 atom stereocenters. The summed E-state index contributed by atoms with van der Waals surface area (Å²) in [6, 6.07) is -2.32. The summed E-state index contributed by atoms with van der Waals surface area (Å²) in [5.74, 6) is -18.0. The molecule has 6 heterocycles. The van der Waals surface area contributed by atoms with E-state index in [0.717, 1.165) is 36.3 Å². The van der Waals surface area contributed by atoms with Crippen molar-refractivity contribution >= 4 is 146 Å². The molecular weight excluding hydrogens is 1790 g/mol. The molecule has 0 unspecified atom stereocenters. The number of pyridine rings is 1. The molecule has 0 aliphatic carbocycles. The lowest BCUT2D eigenvalue weighted by atomic mass is 9.99. The van der Waals surface area contributed by atoms with Crippen LogP contribution in [-0.4, -0.2) is 319 Å². The minimum Gasteiger partial charge on any atom is -0.508 e. The largest absolute Gasteiger partial charge is 0.508 e. The highest BCUT2D eigenvalue weighted by Crippen LogP contribution is 2.28. The number of phenols is 1. The van der Waals surface area contributed by atoms with Crippen LogP contribution >= 0.6 is 11.8 Å². The van der Waals surface area contributed by atoms with Crippen molar-refractivity contribution in [2.24, 2.45) is 28.1 Å². The Bertz CT molecular complexity index is 5270. The van der Waals surface area contributed by atoms with Gasteiger partial charge in [0.05, 0.1) is 31.4 Å². The number of fused-ring (bicyclic) bond motifs is 4. The van der Waals surface area contributed by atoms with Crippen molar-refractivity contribution in [2.45, 2.75) is 241 Å². The van der Waals surface area contributed by atoms with Crippen LogP contribution in [0.4, 0.5) is 0 Å². The molecule has 9 rings (SSSR count). The maximum absolute atomic E-state index is 15.8. The number of aliphatic hydroxyl groups excluding tert-OH is 2. The van der Waals surface area contributed by atoms with Gasteiger partial charge in [0.2, 0.25) is 100 Å². The van der Waals surface area contributed by atoms with Crippen LogP contribution in [0.1, 0.15) is 148 Å². The minimum absolute atomic E-state index is 0.00515. The minimum atomic E-state index is -1.90. The number of aromatic amines is 1. The lowest BCUT2D eigenvalue weighted by Crippen LogP contribution is -2.61. The van der Waals surface area contributed by atoms with Crippen LogP contribution in [0.3, 0.4) is 0 Å². The number of carbonyl (C=O) groups is 17. The molecule has 43 nitrogen and oxygen atoms in total. The van der Waals surface area contributed by atoms with Crippen LogP contribution in [0, 0.1) is 11.3 Å². The molecule has 17 amide bonds. The number of hydrogen-bond acceptors (Lipinski definition) is 24. The molecule has 4 aliphatic heterocycles. The van der Waals surface area contributed by atoms with Gasteiger partial charge in [-0.3, -0.25) is 96.9 Å². The van der Waals surface area contributed by atoms with Crippen LogP contribution in [0.15, 0.2) is 108 Å². The zero-order chi connectivity index (χ0) is 100. The highest BCUT2D eigenvalue weighted by atomic mass is 32.2. The number of phenolic OH excluding ortho intramolecular Hbond substituents is 1. The third-order valence-electron chi connectivity index (χ3n) is 24.6. The number of aromatic nitrogens is 2. The second kappa shape index (κ2) is 51.3. The summed E-state index contributed by atoms with van der Waals surface area (Å²) in [5.41, 5.74) is 19.4. The Kier molecular flexibility index (Phi) is 40.1. The first kappa shape index (κ1) is 107. The quantitative estimate of drug-likeness (QED) is 0.0160. The predicted molar refractivity (Wildman–Crippen MR) is 507 cm³/mol. The smallest absolute Gasteiger partial charge is 0.246 e. The number of nitrogens with two attached hydrogens (primary N) is 3. The van der Waals surface area contributed by atoms with Crippen molar-refractivity contribution in [3.63, 3.8) is 0 Å². The first-order valence-corrected chi connectivity index (χ1v) is 47.2. The second-order valence-corrected chi connectivity index (χ2v) is 36.5.